The molecule has 2 rings (SSSR count). The van der Waals surface area contributed by atoms with Crippen molar-refractivity contribution in [2.75, 3.05) is 31.1 Å². The van der Waals surface area contributed by atoms with Gasteiger partial charge in [0.15, 0.2) is 0 Å². The lowest BCUT2D eigenvalue weighted by atomic mass is 10.0. The molecule has 0 bridgehead atoms. The molecule has 2 N–H and O–H groups in total. The molecule has 0 radical (unpaired) electrons. The Labute approximate surface area is 107 Å². The zero-order chi connectivity index (χ0) is 13.2. The fourth-order valence-electron chi connectivity index (χ4n) is 2.00. The van der Waals surface area contributed by atoms with Crippen molar-refractivity contribution in [3.05, 3.63) is 18.6 Å². The van der Waals surface area contributed by atoms with Crippen LogP contribution < -0.4 is 10.6 Å². The molecule has 2 heterocycles. The lowest BCUT2D eigenvalue weighted by Gasteiger charge is -2.37. The largest absolute Gasteiger partial charge is 0.352 e. The predicted octanol–water partition coefficient (Wildman–Crippen LogP) is -0.137. The lowest BCUT2D eigenvalue weighted by Crippen LogP contribution is -2.57. The number of rotatable bonds is 2. The summed E-state index contributed by atoms with van der Waals surface area (Å²) in [6, 6.07) is 0. The van der Waals surface area contributed by atoms with Crippen molar-refractivity contribution in [1.29, 1.82) is 0 Å². The van der Waals surface area contributed by atoms with Gasteiger partial charge >= 0.3 is 0 Å². The second-order valence-corrected chi connectivity index (χ2v) is 5.06. The lowest BCUT2D eigenvalue weighted by molar-refractivity contribution is -0.136. The summed E-state index contributed by atoms with van der Waals surface area (Å²) >= 11 is 0. The summed E-state index contributed by atoms with van der Waals surface area (Å²) in [6.45, 7) is 6.36. The quantitative estimate of drug-likeness (QED) is 0.789. The minimum Gasteiger partial charge on any atom is -0.352 e. The fourth-order valence-corrected chi connectivity index (χ4v) is 2.00. The second kappa shape index (κ2) is 4.89. The third-order valence-electron chi connectivity index (χ3n) is 2.99. The van der Waals surface area contributed by atoms with E-state index in [9.17, 15) is 4.79 Å². The molecule has 0 aromatic carbocycles. The predicted molar refractivity (Wildman–Crippen MR) is 69.1 cm³/mol. The third kappa shape index (κ3) is 2.76. The number of nitrogens with zero attached hydrogens (tertiary/aromatic N) is 4. The van der Waals surface area contributed by atoms with Gasteiger partial charge in [-0.2, -0.15) is 0 Å². The van der Waals surface area contributed by atoms with Gasteiger partial charge in [-0.15, -0.1) is 0 Å². The summed E-state index contributed by atoms with van der Waals surface area (Å²) in [6.07, 6.45) is 5.07. The van der Waals surface area contributed by atoms with E-state index in [1.165, 1.54) is 0 Å². The number of amides is 1. The van der Waals surface area contributed by atoms with Crippen LogP contribution in [0.25, 0.3) is 0 Å². The van der Waals surface area contributed by atoms with E-state index in [0.717, 1.165) is 18.9 Å². The van der Waals surface area contributed by atoms with E-state index in [2.05, 4.69) is 14.9 Å². The van der Waals surface area contributed by atoms with Gasteiger partial charge in [0.25, 0.3) is 0 Å². The molecule has 0 aliphatic carbocycles. The van der Waals surface area contributed by atoms with Crippen molar-refractivity contribution >= 4 is 11.7 Å². The Morgan fingerprint density at radius 3 is 2.44 bits per heavy atom. The molecule has 0 unspecified atom stereocenters. The van der Waals surface area contributed by atoms with Gasteiger partial charge in [-0.1, -0.05) is 0 Å². The molecule has 0 atom stereocenters. The molecule has 0 saturated carbocycles. The Morgan fingerprint density at radius 2 is 1.94 bits per heavy atom. The van der Waals surface area contributed by atoms with Crippen LogP contribution in [-0.4, -0.2) is 52.5 Å². The summed E-state index contributed by atoms with van der Waals surface area (Å²) in [4.78, 5) is 24.3. The van der Waals surface area contributed by atoms with Crippen LogP contribution in [0.1, 0.15) is 13.8 Å². The molecule has 1 fully saturated rings. The van der Waals surface area contributed by atoms with Gasteiger partial charge < -0.3 is 15.5 Å². The van der Waals surface area contributed by atoms with Gasteiger partial charge in [0.1, 0.15) is 5.82 Å². The second-order valence-electron chi connectivity index (χ2n) is 5.06. The molecule has 1 aromatic rings. The molecule has 98 valence electrons. The van der Waals surface area contributed by atoms with Gasteiger partial charge in [0.2, 0.25) is 5.91 Å². The molecule has 1 saturated heterocycles. The number of carbonyl (C=O) groups excluding carboxylic acids is 1. The van der Waals surface area contributed by atoms with E-state index in [1.807, 2.05) is 4.90 Å². The van der Waals surface area contributed by atoms with E-state index in [1.54, 1.807) is 32.4 Å². The number of nitrogens with two attached hydrogens (primary N) is 1. The van der Waals surface area contributed by atoms with Crippen LogP contribution in [0, 0.1) is 0 Å². The number of carbonyl (C=O) groups is 1. The van der Waals surface area contributed by atoms with E-state index in [4.69, 9.17) is 5.73 Å². The Kier molecular flexibility index (Phi) is 3.47. The first-order chi connectivity index (χ1) is 8.48. The molecule has 6 nitrogen and oxygen atoms in total. The van der Waals surface area contributed by atoms with Crippen LogP contribution in [0.5, 0.6) is 0 Å². The van der Waals surface area contributed by atoms with E-state index < -0.39 is 5.54 Å². The minimum absolute atomic E-state index is 0.00120. The molecule has 18 heavy (non-hydrogen) atoms. The van der Waals surface area contributed by atoms with Crippen molar-refractivity contribution in [3.8, 4) is 0 Å². The highest BCUT2D eigenvalue weighted by Gasteiger charge is 2.30. The van der Waals surface area contributed by atoms with E-state index in [-0.39, 0.29) is 5.91 Å². The maximum absolute atomic E-state index is 12.0. The zero-order valence-corrected chi connectivity index (χ0v) is 10.8. The molecular formula is C12H19N5O. The summed E-state index contributed by atoms with van der Waals surface area (Å²) < 4.78 is 0. The standard InChI is InChI=1S/C12H19N5O/c1-12(2,13)11(18)17-7-5-16(6-8-17)10-9-14-3-4-15-10/h3-4,9H,5-8,13H2,1-2H3. The molecule has 1 amide bonds. The van der Waals surface area contributed by atoms with Gasteiger partial charge in [0, 0.05) is 38.6 Å². The number of anilines is 1. The number of piperazine rings is 1. The monoisotopic (exact) mass is 249 g/mol. The SMILES string of the molecule is CC(C)(N)C(=O)N1CCN(c2cnccn2)CC1. The first-order valence-corrected chi connectivity index (χ1v) is 6.08. The van der Waals surface area contributed by atoms with Crippen molar-refractivity contribution < 1.29 is 4.79 Å². The summed E-state index contributed by atoms with van der Waals surface area (Å²) in [5.41, 5.74) is 5.03. The zero-order valence-electron chi connectivity index (χ0n) is 10.8. The number of hydrogen-bond donors (Lipinski definition) is 1. The van der Waals surface area contributed by atoms with Crippen molar-refractivity contribution in [3.63, 3.8) is 0 Å². The molecule has 1 aromatic heterocycles. The molecular weight excluding hydrogens is 230 g/mol. The third-order valence-corrected chi connectivity index (χ3v) is 2.99. The number of aromatic nitrogens is 2. The highest BCUT2D eigenvalue weighted by Crippen LogP contribution is 2.13. The van der Waals surface area contributed by atoms with Gasteiger partial charge in [0.05, 0.1) is 11.7 Å². The smallest absolute Gasteiger partial charge is 0.242 e. The first kappa shape index (κ1) is 12.8. The maximum atomic E-state index is 12.0. The van der Waals surface area contributed by atoms with Crippen LogP contribution in [0.3, 0.4) is 0 Å². The topological polar surface area (TPSA) is 75.4 Å². The molecule has 0 spiro atoms. The first-order valence-electron chi connectivity index (χ1n) is 6.08. The van der Waals surface area contributed by atoms with Crippen molar-refractivity contribution in [2.24, 2.45) is 5.73 Å². The van der Waals surface area contributed by atoms with E-state index >= 15 is 0 Å². The van der Waals surface area contributed by atoms with Crippen molar-refractivity contribution in [1.82, 2.24) is 14.9 Å². The Morgan fingerprint density at radius 1 is 1.28 bits per heavy atom. The van der Waals surface area contributed by atoms with Gasteiger partial charge in [-0.05, 0) is 13.8 Å². The van der Waals surface area contributed by atoms with E-state index in [0.29, 0.717) is 13.1 Å². The normalized spacial score (nSPS) is 16.8. The number of hydrogen-bond acceptors (Lipinski definition) is 5. The molecule has 1 aliphatic heterocycles. The van der Waals surface area contributed by atoms with Crippen LogP contribution in [0.15, 0.2) is 18.6 Å². The van der Waals surface area contributed by atoms with Gasteiger partial charge in [-0.25, -0.2) is 4.98 Å². The van der Waals surface area contributed by atoms with Crippen LogP contribution in [-0.2, 0) is 4.79 Å². The maximum Gasteiger partial charge on any atom is 0.242 e. The average molecular weight is 249 g/mol. The highest BCUT2D eigenvalue weighted by molar-refractivity contribution is 5.85. The summed E-state index contributed by atoms with van der Waals surface area (Å²) in [5.74, 6) is 0.859. The van der Waals surface area contributed by atoms with Gasteiger partial charge in [-0.3, -0.25) is 9.78 Å². The Hall–Kier alpha value is -1.69. The van der Waals surface area contributed by atoms with Crippen LogP contribution in [0.2, 0.25) is 0 Å². The fraction of sp³-hybridized carbons (Fsp3) is 0.583. The summed E-state index contributed by atoms with van der Waals surface area (Å²) in [7, 11) is 0. The molecule has 1 aliphatic rings. The van der Waals surface area contributed by atoms with Crippen molar-refractivity contribution in [2.45, 2.75) is 19.4 Å². The van der Waals surface area contributed by atoms with Crippen LogP contribution >= 0.6 is 0 Å². The summed E-state index contributed by atoms with van der Waals surface area (Å²) in [5, 5.41) is 0. The average Bonchev–Trinajstić information content (AvgIpc) is 2.38. The molecule has 6 heteroatoms. The highest BCUT2D eigenvalue weighted by atomic mass is 16.2. The van der Waals surface area contributed by atoms with Crippen LogP contribution in [0.4, 0.5) is 5.82 Å². The minimum atomic E-state index is -0.797. The Bertz CT molecular complexity index is 406. The Balaban J connectivity index is 1.95.